The van der Waals surface area contributed by atoms with E-state index in [1.807, 2.05) is 49.4 Å². The molecule has 2 N–H and O–H groups in total. The SMILES string of the molecule is CCNC(=NCCS(=O)(=O)N1CCc2ccccc21)Nc1ccc2c(c1)OCCCO2. The second-order valence-corrected chi connectivity index (χ2v) is 9.38. The molecule has 2 aliphatic rings. The zero-order valence-electron chi connectivity index (χ0n) is 17.6. The number of hydrogen-bond acceptors (Lipinski definition) is 5. The lowest BCUT2D eigenvalue weighted by Gasteiger charge is -2.19. The topological polar surface area (TPSA) is 92.3 Å². The second-order valence-electron chi connectivity index (χ2n) is 7.36. The number of para-hydroxylation sites is 1. The lowest BCUT2D eigenvalue weighted by atomic mass is 10.2. The van der Waals surface area contributed by atoms with Gasteiger partial charge in [-0.25, -0.2) is 8.42 Å². The van der Waals surface area contributed by atoms with Crippen molar-refractivity contribution in [2.24, 2.45) is 4.99 Å². The van der Waals surface area contributed by atoms with E-state index in [-0.39, 0.29) is 12.3 Å². The van der Waals surface area contributed by atoms with Gasteiger partial charge in [0.2, 0.25) is 10.0 Å². The first-order chi connectivity index (χ1) is 15.1. The van der Waals surface area contributed by atoms with Gasteiger partial charge < -0.3 is 20.1 Å². The number of anilines is 2. The normalized spacial score (nSPS) is 15.9. The minimum Gasteiger partial charge on any atom is -0.490 e. The molecule has 0 saturated heterocycles. The number of benzene rings is 2. The maximum atomic E-state index is 12.9. The highest BCUT2D eigenvalue weighted by atomic mass is 32.2. The Labute approximate surface area is 183 Å². The summed E-state index contributed by atoms with van der Waals surface area (Å²) in [4.78, 5) is 4.47. The van der Waals surface area contributed by atoms with Gasteiger partial charge in [-0.3, -0.25) is 9.30 Å². The lowest BCUT2D eigenvalue weighted by molar-refractivity contribution is 0.297. The van der Waals surface area contributed by atoms with Crippen molar-refractivity contribution >= 4 is 27.4 Å². The van der Waals surface area contributed by atoms with Crippen LogP contribution in [0.5, 0.6) is 11.5 Å². The predicted molar refractivity (Wildman–Crippen MR) is 123 cm³/mol. The Morgan fingerprint density at radius 1 is 1.13 bits per heavy atom. The van der Waals surface area contributed by atoms with E-state index in [0.717, 1.165) is 35.5 Å². The van der Waals surface area contributed by atoms with E-state index in [0.29, 0.717) is 38.0 Å². The van der Waals surface area contributed by atoms with E-state index in [4.69, 9.17) is 9.47 Å². The van der Waals surface area contributed by atoms with Crippen LogP contribution < -0.4 is 24.4 Å². The van der Waals surface area contributed by atoms with Crippen LogP contribution in [-0.2, 0) is 16.4 Å². The van der Waals surface area contributed by atoms with Crippen LogP contribution in [0.2, 0.25) is 0 Å². The average Bonchev–Trinajstić information content (AvgIpc) is 3.06. The molecule has 2 heterocycles. The predicted octanol–water partition coefficient (Wildman–Crippen LogP) is 2.62. The zero-order chi connectivity index (χ0) is 21.7. The first-order valence-electron chi connectivity index (χ1n) is 10.6. The van der Waals surface area contributed by atoms with Gasteiger partial charge in [-0.15, -0.1) is 0 Å². The van der Waals surface area contributed by atoms with Crippen molar-refractivity contribution < 1.29 is 17.9 Å². The summed E-state index contributed by atoms with van der Waals surface area (Å²) in [5.41, 5.74) is 2.64. The molecule has 0 radical (unpaired) electrons. The van der Waals surface area contributed by atoms with Gasteiger partial charge >= 0.3 is 0 Å². The van der Waals surface area contributed by atoms with Crippen LogP contribution >= 0.6 is 0 Å². The molecular formula is C22H28N4O4S. The third-order valence-electron chi connectivity index (χ3n) is 5.15. The van der Waals surface area contributed by atoms with Gasteiger partial charge in [-0.05, 0) is 37.1 Å². The fourth-order valence-electron chi connectivity index (χ4n) is 3.66. The summed E-state index contributed by atoms with van der Waals surface area (Å²) in [6.07, 6.45) is 1.59. The van der Waals surface area contributed by atoms with E-state index in [1.165, 1.54) is 4.31 Å². The molecule has 2 aromatic rings. The summed E-state index contributed by atoms with van der Waals surface area (Å²) in [5.74, 6) is 1.88. The van der Waals surface area contributed by atoms with Gasteiger partial charge in [0.05, 0.1) is 31.2 Å². The van der Waals surface area contributed by atoms with Crippen LogP contribution in [0.1, 0.15) is 18.9 Å². The average molecular weight is 445 g/mol. The Balaban J connectivity index is 1.42. The quantitative estimate of drug-likeness (QED) is 0.526. The first kappa shape index (κ1) is 21.3. The number of hydrogen-bond donors (Lipinski definition) is 2. The molecule has 0 spiro atoms. The number of aliphatic imine (C=N–C) groups is 1. The van der Waals surface area contributed by atoms with Crippen LogP contribution in [0.4, 0.5) is 11.4 Å². The molecule has 31 heavy (non-hydrogen) atoms. The van der Waals surface area contributed by atoms with Crippen molar-refractivity contribution in [2.45, 2.75) is 19.8 Å². The highest BCUT2D eigenvalue weighted by Gasteiger charge is 2.28. The van der Waals surface area contributed by atoms with Crippen molar-refractivity contribution in [3.8, 4) is 11.5 Å². The molecule has 0 unspecified atom stereocenters. The minimum atomic E-state index is -3.44. The molecule has 2 aromatic carbocycles. The van der Waals surface area contributed by atoms with E-state index in [2.05, 4.69) is 15.6 Å². The van der Waals surface area contributed by atoms with Crippen molar-refractivity contribution in [1.82, 2.24) is 5.32 Å². The number of rotatable bonds is 6. The molecule has 0 aliphatic carbocycles. The highest BCUT2D eigenvalue weighted by Crippen LogP contribution is 2.32. The van der Waals surface area contributed by atoms with Gasteiger partial charge in [-0.1, -0.05) is 18.2 Å². The minimum absolute atomic E-state index is 0.0565. The van der Waals surface area contributed by atoms with Gasteiger partial charge in [-0.2, -0.15) is 0 Å². The summed E-state index contributed by atoms with van der Waals surface area (Å²) in [7, 11) is -3.44. The van der Waals surface area contributed by atoms with E-state index in [9.17, 15) is 8.42 Å². The Bertz CT molecular complexity index is 1060. The zero-order valence-corrected chi connectivity index (χ0v) is 18.5. The first-order valence-corrected chi connectivity index (χ1v) is 12.2. The number of nitrogens with zero attached hydrogens (tertiary/aromatic N) is 2. The fraction of sp³-hybridized carbons (Fsp3) is 0.409. The van der Waals surface area contributed by atoms with Crippen molar-refractivity contribution in [1.29, 1.82) is 0 Å². The van der Waals surface area contributed by atoms with Crippen molar-refractivity contribution in [2.75, 3.05) is 48.2 Å². The maximum Gasteiger partial charge on any atom is 0.237 e. The van der Waals surface area contributed by atoms with Crippen LogP contribution in [-0.4, -0.2) is 53.0 Å². The molecule has 9 heteroatoms. The third kappa shape index (κ3) is 5.04. The molecule has 0 atom stereocenters. The molecule has 2 aliphatic heterocycles. The summed E-state index contributed by atoms with van der Waals surface area (Å²) in [5, 5.41) is 6.37. The summed E-state index contributed by atoms with van der Waals surface area (Å²) >= 11 is 0. The number of nitrogens with one attached hydrogen (secondary N) is 2. The molecule has 0 amide bonds. The molecule has 166 valence electrons. The monoisotopic (exact) mass is 444 g/mol. The largest absolute Gasteiger partial charge is 0.490 e. The lowest BCUT2D eigenvalue weighted by Crippen LogP contribution is -2.34. The Morgan fingerprint density at radius 3 is 2.77 bits per heavy atom. The molecule has 0 aromatic heterocycles. The van der Waals surface area contributed by atoms with E-state index in [1.54, 1.807) is 0 Å². The number of sulfonamides is 1. The van der Waals surface area contributed by atoms with Gasteiger partial charge in [0.15, 0.2) is 17.5 Å². The van der Waals surface area contributed by atoms with Gasteiger partial charge in [0.25, 0.3) is 0 Å². The van der Waals surface area contributed by atoms with E-state index < -0.39 is 10.0 Å². The number of fused-ring (bicyclic) bond motifs is 2. The molecule has 0 bridgehead atoms. The summed E-state index contributed by atoms with van der Waals surface area (Å²) in [6, 6.07) is 13.3. The van der Waals surface area contributed by atoms with Gasteiger partial charge in [0, 0.05) is 31.3 Å². The van der Waals surface area contributed by atoms with Crippen molar-refractivity contribution in [3.63, 3.8) is 0 Å². The smallest absolute Gasteiger partial charge is 0.237 e. The molecule has 0 saturated carbocycles. The molecule has 8 nitrogen and oxygen atoms in total. The summed E-state index contributed by atoms with van der Waals surface area (Å²) < 4.78 is 38.6. The highest BCUT2D eigenvalue weighted by molar-refractivity contribution is 7.92. The number of guanidine groups is 1. The van der Waals surface area contributed by atoms with Crippen LogP contribution in [0.15, 0.2) is 47.5 Å². The van der Waals surface area contributed by atoms with Gasteiger partial charge in [0.1, 0.15) is 0 Å². The van der Waals surface area contributed by atoms with Crippen LogP contribution in [0.25, 0.3) is 0 Å². The Kier molecular flexibility index (Phi) is 6.50. The molecule has 0 fully saturated rings. The fourth-order valence-corrected chi connectivity index (χ4v) is 5.05. The Hall–Kier alpha value is -2.94. The van der Waals surface area contributed by atoms with Crippen molar-refractivity contribution in [3.05, 3.63) is 48.0 Å². The number of ether oxygens (including phenoxy) is 2. The standard InChI is InChI=1S/C22H28N4O4S/c1-2-23-22(25-18-8-9-20-21(16-18)30-14-5-13-29-20)24-11-15-31(27,28)26-12-10-17-6-3-4-7-19(17)26/h3-4,6-9,16H,2,5,10-15H2,1H3,(H2,23,24,25). The van der Waals surface area contributed by atoms with Crippen LogP contribution in [0.3, 0.4) is 0 Å². The maximum absolute atomic E-state index is 12.9. The second kappa shape index (κ2) is 9.47. The molecular weight excluding hydrogens is 416 g/mol. The van der Waals surface area contributed by atoms with E-state index >= 15 is 0 Å². The third-order valence-corrected chi connectivity index (χ3v) is 6.90. The van der Waals surface area contributed by atoms with Crippen LogP contribution in [0, 0.1) is 0 Å². The molecule has 4 rings (SSSR count). The Morgan fingerprint density at radius 2 is 1.94 bits per heavy atom. The summed E-state index contributed by atoms with van der Waals surface area (Å²) in [6.45, 7) is 4.51.